The van der Waals surface area contributed by atoms with Gasteiger partial charge in [-0.2, -0.15) is 0 Å². The highest BCUT2D eigenvalue weighted by atomic mass is 79.9. The van der Waals surface area contributed by atoms with Crippen molar-refractivity contribution in [1.29, 1.82) is 0 Å². The fourth-order valence-corrected chi connectivity index (χ4v) is 1.85. The van der Waals surface area contributed by atoms with Crippen LogP contribution in [0.1, 0.15) is 0 Å². The molecule has 1 aromatic heterocycles. The monoisotopic (exact) mass is 271 g/mol. The summed E-state index contributed by atoms with van der Waals surface area (Å²) in [6.07, 6.45) is 0. The van der Waals surface area contributed by atoms with Gasteiger partial charge in [-0.25, -0.2) is 9.07 Å². The number of aromatic nitrogens is 3. The van der Waals surface area contributed by atoms with E-state index >= 15 is 0 Å². The molecule has 0 atom stereocenters. The Labute approximate surface area is 93.5 Å². The van der Waals surface area contributed by atoms with Gasteiger partial charge in [0.05, 0.1) is 0 Å². The van der Waals surface area contributed by atoms with E-state index in [1.54, 1.807) is 13.1 Å². The Morgan fingerprint density at radius 3 is 2.73 bits per heavy atom. The summed E-state index contributed by atoms with van der Waals surface area (Å²) in [5.74, 6) is -1.04. The number of phenolic OH excluding ortho intramolecular Hbond substituents is 1. The van der Waals surface area contributed by atoms with Gasteiger partial charge in [-0.3, -0.25) is 0 Å². The molecule has 0 aliphatic heterocycles. The highest BCUT2D eigenvalue weighted by Crippen LogP contribution is 2.28. The highest BCUT2D eigenvalue weighted by Gasteiger charge is 2.12. The second-order valence-electron chi connectivity index (χ2n) is 3.02. The Bertz CT molecular complexity index is 493. The molecule has 0 fully saturated rings. The molecular formula is C9H7BrFN3O. The molecule has 4 nitrogen and oxygen atoms in total. The summed E-state index contributed by atoms with van der Waals surface area (Å²) in [6, 6.07) is 4.13. The number of nitrogens with zero attached hydrogens (tertiary/aromatic N) is 3. The molecule has 78 valence electrons. The third-order valence-corrected chi connectivity index (χ3v) is 2.54. The smallest absolute Gasteiger partial charge is 0.165 e. The number of phenols is 1. The van der Waals surface area contributed by atoms with E-state index < -0.39 is 5.82 Å². The molecule has 0 saturated heterocycles. The van der Waals surface area contributed by atoms with Gasteiger partial charge < -0.3 is 5.11 Å². The Hall–Kier alpha value is -1.43. The fraction of sp³-hybridized carbons (Fsp3) is 0.111. The zero-order valence-corrected chi connectivity index (χ0v) is 9.36. The van der Waals surface area contributed by atoms with Crippen LogP contribution in [0.25, 0.3) is 11.3 Å². The summed E-state index contributed by atoms with van der Waals surface area (Å²) < 4.78 is 15.2. The van der Waals surface area contributed by atoms with Crippen LogP contribution in [-0.2, 0) is 7.05 Å². The lowest BCUT2D eigenvalue weighted by molar-refractivity contribution is 0.432. The second-order valence-corrected chi connectivity index (χ2v) is 3.77. The van der Waals surface area contributed by atoms with Crippen molar-refractivity contribution in [2.45, 2.75) is 0 Å². The van der Waals surface area contributed by atoms with Crippen LogP contribution in [0.15, 0.2) is 22.8 Å². The highest BCUT2D eigenvalue weighted by molar-refractivity contribution is 9.10. The summed E-state index contributed by atoms with van der Waals surface area (Å²) in [5, 5.41) is 16.6. The lowest BCUT2D eigenvalue weighted by atomic mass is 10.1. The molecule has 1 heterocycles. The zero-order valence-electron chi connectivity index (χ0n) is 7.78. The van der Waals surface area contributed by atoms with Crippen LogP contribution in [-0.4, -0.2) is 20.1 Å². The van der Waals surface area contributed by atoms with Gasteiger partial charge in [0.2, 0.25) is 0 Å². The average Bonchev–Trinajstić information content (AvgIpc) is 2.52. The van der Waals surface area contributed by atoms with E-state index in [1.165, 1.54) is 16.8 Å². The summed E-state index contributed by atoms with van der Waals surface area (Å²) >= 11 is 3.22. The van der Waals surface area contributed by atoms with Crippen LogP contribution in [0.3, 0.4) is 0 Å². The first kappa shape index (κ1) is 10.1. The molecule has 15 heavy (non-hydrogen) atoms. The summed E-state index contributed by atoms with van der Waals surface area (Å²) in [7, 11) is 1.71. The van der Waals surface area contributed by atoms with Crippen LogP contribution >= 0.6 is 15.9 Å². The van der Waals surface area contributed by atoms with Crippen LogP contribution in [0.2, 0.25) is 0 Å². The Kier molecular flexibility index (Phi) is 2.44. The third-order valence-electron chi connectivity index (χ3n) is 2.01. The van der Waals surface area contributed by atoms with E-state index in [9.17, 15) is 4.39 Å². The molecule has 6 heteroatoms. The summed E-state index contributed by atoms with van der Waals surface area (Å²) in [6.45, 7) is 0. The number of aromatic hydroxyl groups is 1. The normalized spacial score (nSPS) is 10.6. The van der Waals surface area contributed by atoms with E-state index in [-0.39, 0.29) is 5.75 Å². The van der Waals surface area contributed by atoms with E-state index in [0.29, 0.717) is 15.9 Å². The summed E-state index contributed by atoms with van der Waals surface area (Å²) in [5.41, 5.74) is 1.26. The van der Waals surface area contributed by atoms with E-state index in [1.807, 2.05) is 0 Å². The predicted molar refractivity (Wildman–Crippen MR) is 55.8 cm³/mol. The second kappa shape index (κ2) is 3.62. The molecule has 0 amide bonds. The van der Waals surface area contributed by atoms with Gasteiger partial charge in [0.25, 0.3) is 0 Å². The fourth-order valence-electron chi connectivity index (χ4n) is 1.29. The van der Waals surface area contributed by atoms with Crippen molar-refractivity contribution in [3.05, 3.63) is 28.6 Å². The summed E-state index contributed by atoms with van der Waals surface area (Å²) in [4.78, 5) is 0. The number of hydrogen-bond donors (Lipinski definition) is 1. The average molecular weight is 272 g/mol. The van der Waals surface area contributed by atoms with E-state index in [2.05, 4.69) is 26.2 Å². The number of aryl methyl sites for hydroxylation is 1. The molecule has 1 aromatic carbocycles. The lowest BCUT2D eigenvalue weighted by Gasteiger charge is -2.02. The van der Waals surface area contributed by atoms with Crippen molar-refractivity contribution < 1.29 is 9.50 Å². The molecule has 2 rings (SSSR count). The molecule has 1 N–H and O–H groups in total. The lowest BCUT2D eigenvalue weighted by Crippen LogP contribution is -1.94. The molecule has 0 unspecified atom stereocenters. The van der Waals surface area contributed by atoms with Crippen molar-refractivity contribution >= 4 is 15.9 Å². The van der Waals surface area contributed by atoms with Gasteiger partial charge in [0.15, 0.2) is 16.2 Å². The SMILES string of the molecule is Cn1nnc(Br)c1-c1ccc(O)c(F)c1. The molecule has 0 aliphatic rings. The largest absolute Gasteiger partial charge is 0.505 e. The number of benzene rings is 1. The van der Waals surface area contributed by atoms with Crippen LogP contribution in [0.5, 0.6) is 5.75 Å². The molecular weight excluding hydrogens is 265 g/mol. The van der Waals surface area contributed by atoms with Crippen LogP contribution in [0.4, 0.5) is 4.39 Å². The quantitative estimate of drug-likeness (QED) is 0.864. The predicted octanol–water partition coefficient (Wildman–Crippen LogP) is 2.09. The first-order chi connectivity index (χ1) is 7.09. The number of hydrogen-bond acceptors (Lipinski definition) is 3. The van der Waals surface area contributed by atoms with E-state index in [4.69, 9.17) is 5.11 Å². The maximum absolute atomic E-state index is 13.1. The minimum atomic E-state index is -0.666. The van der Waals surface area contributed by atoms with Crippen molar-refractivity contribution in [2.24, 2.45) is 7.05 Å². The van der Waals surface area contributed by atoms with Crippen LogP contribution < -0.4 is 0 Å². The minimum Gasteiger partial charge on any atom is -0.505 e. The third kappa shape index (κ3) is 1.72. The molecule has 0 aliphatic carbocycles. The maximum Gasteiger partial charge on any atom is 0.165 e. The number of rotatable bonds is 1. The molecule has 2 aromatic rings. The Morgan fingerprint density at radius 2 is 2.20 bits per heavy atom. The van der Waals surface area contributed by atoms with Gasteiger partial charge >= 0.3 is 0 Å². The van der Waals surface area contributed by atoms with Gasteiger partial charge in [-0.05, 0) is 34.1 Å². The van der Waals surface area contributed by atoms with Gasteiger partial charge in [0.1, 0.15) is 5.69 Å². The van der Waals surface area contributed by atoms with Crippen molar-refractivity contribution in [1.82, 2.24) is 15.0 Å². The van der Waals surface area contributed by atoms with Gasteiger partial charge in [-0.1, -0.05) is 5.21 Å². The topological polar surface area (TPSA) is 50.9 Å². The molecule has 0 radical (unpaired) electrons. The zero-order chi connectivity index (χ0) is 11.0. The Balaban J connectivity index is 2.59. The van der Waals surface area contributed by atoms with Gasteiger partial charge in [-0.15, -0.1) is 5.10 Å². The first-order valence-electron chi connectivity index (χ1n) is 4.13. The minimum absolute atomic E-state index is 0.370. The Morgan fingerprint density at radius 1 is 1.47 bits per heavy atom. The van der Waals surface area contributed by atoms with E-state index in [0.717, 1.165) is 0 Å². The molecule has 0 saturated carbocycles. The van der Waals surface area contributed by atoms with Crippen molar-refractivity contribution in [2.75, 3.05) is 0 Å². The van der Waals surface area contributed by atoms with Crippen molar-refractivity contribution in [3.63, 3.8) is 0 Å². The standard InChI is InChI=1S/C9H7BrFN3O/c1-14-8(9(10)12-13-14)5-2-3-7(15)6(11)4-5/h2-4,15H,1H3. The van der Waals surface area contributed by atoms with Crippen LogP contribution in [0, 0.1) is 5.82 Å². The van der Waals surface area contributed by atoms with Gasteiger partial charge in [0, 0.05) is 12.6 Å². The van der Waals surface area contributed by atoms with Crippen molar-refractivity contribution in [3.8, 4) is 17.0 Å². The molecule has 0 bridgehead atoms. The number of halogens is 2. The maximum atomic E-state index is 13.1. The first-order valence-corrected chi connectivity index (χ1v) is 4.93. The molecule has 0 spiro atoms.